The third kappa shape index (κ3) is 10.1. The topological polar surface area (TPSA) is 245 Å². The SMILES string of the molecule is COc1ccc(COC(=O)C2=C(Sc3ccc(CSC(=N)N)cc3CSC(=N)N)CS[C@@H]3[C@H](NC(=O)/C(=N\OC4CCCC4)c4csc(N)n4)C(=O)N23)cc1. The van der Waals surface area contributed by atoms with Crippen LogP contribution in [0.15, 0.2) is 68.5 Å². The van der Waals surface area contributed by atoms with Crippen LogP contribution in [0.1, 0.15) is 48.1 Å². The smallest absolute Gasteiger partial charge is 0.356 e. The zero-order valence-electron chi connectivity index (χ0n) is 29.6. The first-order valence-corrected chi connectivity index (χ1v) is 21.7. The monoisotopic (exact) mass is 841 g/mol. The number of thioether (sulfide) groups is 4. The van der Waals surface area contributed by atoms with Gasteiger partial charge in [0.05, 0.1) is 7.11 Å². The number of nitrogens with zero attached hydrogens (tertiary/aromatic N) is 3. The second-order valence-corrected chi connectivity index (χ2v) is 17.6. The molecule has 3 aliphatic rings. The van der Waals surface area contributed by atoms with Crippen LogP contribution >= 0.6 is 58.4 Å². The molecule has 3 heterocycles. The van der Waals surface area contributed by atoms with Crippen molar-refractivity contribution in [2.75, 3.05) is 18.6 Å². The number of nitrogen functional groups attached to an aromatic ring is 1. The van der Waals surface area contributed by atoms with Gasteiger partial charge in [0.2, 0.25) is 0 Å². The lowest BCUT2D eigenvalue weighted by molar-refractivity contribution is -0.153. The molecular formula is C35H39N9O6S5. The van der Waals surface area contributed by atoms with E-state index in [4.69, 9.17) is 42.3 Å². The van der Waals surface area contributed by atoms with Gasteiger partial charge in [0, 0.05) is 32.4 Å². The summed E-state index contributed by atoms with van der Waals surface area (Å²) in [5.74, 6) is 0.0135. The van der Waals surface area contributed by atoms with Gasteiger partial charge < -0.3 is 36.8 Å². The Hall–Kier alpha value is -4.37. The van der Waals surface area contributed by atoms with Gasteiger partial charge in [0.15, 0.2) is 21.2 Å². The minimum absolute atomic E-state index is 0.00250. The number of hydrogen-bond donors (Lipinski definition) is 6. The van der Waals surface area contributed by atoms with Crippen molar-refractivity contribution in [1.29, 1.82) is 10.8 Å². The van der Waals surface area contributed by atoms with Crippen molar-refractivity contribution >= 4 is 97.3 Å². The number of rotatable bonds is 15. The average Bonchev–Trinajstić information content (AvgIpc) is 3.87. The normalized spacial score (nSPS) is 18.4. The van der Waals surface area contributed by atoms with Crippen molar-refractivity contribution in [1.82, 2.24) is 15.2 Å². The Bertz CT molecular complexity index is 2020. The van der Waals surface area contributed by atoms with E-state index in [1.54, 1.807) is 36.8 Å². The lowest BCUT2D eigenvalue weighted by atomic mass is 10.0. The maximum absolute atomic E-state index is 14.0. The molecule has 2 fully saturated rings. The van der Waals surface area contributed by atoms with E-state index < -0.39 is 29.2 Å². The quantitative estimate of drug-likeness (QED) is 0.0396. The van der Waals surface area contributed by atoms with Crippen molar-refractivity contribution in [3.05, 3.63) is 80.8 Å². The molecule has 9 N–H and O–H groups in total. The van der Waals surface area contributed by atoms with E-state index >= 15 is 0 Å². The van der Waals surface area contributed by atoms with Crippen molar-refractivity contribution in [3.8, 4) is 5.75 Å². The Morgan fingerprint density at radius 3 is 2.44 bits per heavy atom. The first-order valence-electron chi connectivity index (χ1n) is 17.0. The van der Waals surface area contributed by atoms with E-state index in [-0.39, 0.29) is 45.3 Å². The van der Waals surface area contributed by atoms with E-state index in [2.05, 4.69) is 15.5 Å². The van der Waals surface area contributed by atoms with Crippen molar-refractivity contribution in [3.63, 3.8) is 0 Å². The number of nitrogens with one attached hydrogen (secondary N) is 3. The number of nitrogens with two attached hydrogens (primary N) is 3. The van der Waals surface area contributed by atoms with Crippen LogP contribution in [0.5, 0.6) is 5.75 Å². The minimum Gasteiger partial charge on any atom is -0.497 e. The van der Waals surface area contributed by atoms with E-state index in [0.717, 1.165) is 70.4 Å². The highest BCUT2D eigenvalue weighted by Crippen LogP contribution is 2.46. The van der Waals surface area contributed by atoms with E-state index in [0.29, 0.717) is 27.9 Å². The molecule has 2 atom stereocenters. The number of hydrogen-bond acceptors (Lipinski definition) is 16. The highest BCUT2D eigenvalue weighted by atomic mass is 32.2. The standard InChI is InChI=1S/C35H39N9O6S5/c1-48-21-9-6-18(7-10-21)13-49-32(47)28-25(55-24-11-8-19(14-52-33(36)37)12-20(24)15-53-34(38)39)17-51-31-27(30(46)44(28)31)42-29(45)26(23-16-54-35(40)41-23)43-50-22-4-2-3-5-22/h6-12,16,22,27,31H,2-5,13-15,17H2,1H3,(H3,36,37)(H3,38,39)(H2,40,41)(H,42,45)/b43-26-/t27-,31-/m1/s1. The lowest BCUT2D eigenvalue weighted by Gasteiger charge is -2.49. The number of amidine groups is 2. The summed E-state index contributed by atoms with van der Waals surface area (Å²) >= 11 is 6.24. The second kappa shape index (κ2) is 18.5. The first-order chi connectivity index (χ1) is 26.5. The molecule has 0 spiro atoms. The van der Waals surface area contributed by atoms with Crippen LogP contribution in [0, 0.1) is 10.8 Å². The molecule has 20 heteroatoms. The molecule has 2 amide bonds. The third-order valence-electron chi connectivity index (χ3n) is 8.65. The molecule has 1 aliphatic carbocycles. The number of methoxy groups -OCH3 is 1. The fourth-order valence-corrected chi connectivity index (χ4v) is 10.2. The summed E-state index contributed by atoms with van der Waals surface area (Å²) in [6.45, 7) is -0.0507. The zero-order valence-corrected chi connectivity index (χ0v) is 33.7. The molecule has 1 aromatic heterocycles. The molecule has 2 aromatic carbocycles. The molecule has 15 nitrogen and oxygen atoms in total. The van der Waals surface area contributed by atoms with Crippen LogP contribution in [-0.2, 0) is 42.1 Å². The summed E-state index contributed by atoms with van der Waals surface area (Å²) < 4.78 is 11.0. The number of benzene rings is 2. The van der Waals surface area contributed by atoms with Crippen LogP contribution < -0.4 is 27.3 Å². The highest BCUT2D eigenvalue weighted by Gasteiger charge is 2.55. The minimum atomic E-state index is -0.971. The van der Waals surface area contributed by atoms with Crippen molar-refractivity contribution in [2.24, 2.45) is 16.6 Å². The molecule has 1 saturated carbocycles. The van der Waals surface area contributed by atoms with Crippen molar-refractivity contribution < 1.29 is 28.7 Å². The zero-order chi connectivity index (χ0) is 39.1. The summed E-state index contributed by atoms with van der Waals surface area (Å²) in [5, 5.41) is 23.6. The summed E-state index contributed by atoms with van der Waals surface area (Å²) in [5.41, 5.74) is 19.9. The maximum atomic E-state index is 14.0. The van der Waals surface area contributed by atoms with E-state index in [9.17, 15) is 14.4 Å². The average molecular weight is 842 g/mol. The molecule has 0 radical (unpaired) electrons. The van der Waals surface area contributed by atoms with Gasteiger partial charge in [-0.3, -0.25) is 25.3 Å². The number of β-lactam (4-membered cyclic amide) rings is 1. The molecule has 1 saturated heterocycles. The molecular weight excluding hydrogens is 803 g/mol. The van der Waals surface area contributed by atoms with Gasteiger partial charge in [0.1, 0.15) is 41.3 Å². The van der Waals surface area contributed by atoms with E-state index in [1.165, 1.54) is 40.2 Å². The molecule has 0 unspecified atom stereocenters. The Morgan fingerprint density at radius 1 is 1.05 bits per heavy atom. The van der Waals surface area contributed by atoms with Gasteiger partial charge in [-0.2, -0.15) is 0 Å². The number of carbonyl (C=O) groups excluding carboxylic acids is 3. The number of anilines is 1. The molecule has 3 aromatic rings. The van der Waals surface area contributed by atoms with Gasteiger partial charge in [-0.05, 0) is 60.6 Å². The number of carbonyl (C=O) groups is 3. The highest BCUT2D eigenvalue weighted by molar-refractivity contribution is 8.13. The Balaban J connectivity index is 1.27. The molecule has 0 bridgehead atoms. The van der Waals surface area contributed by atoms with Gasteiger partial charge in [0.25, 0.3) is 11.8 Å². The molecule has 290 valence electrons. The Labute approximate surface area is 338 Å². The Kier molecular flexibility index (Phi) is 13.6. The second-order valence-electron chi connectivity index (χ2n) is 12.4. The van der Waals surface area contributed by atoms with Gasteiger partial charge >= 0.3 is 5.97 Å². The molecule has 2 aliphatic heterocycles. The van der Waals surface area contributed by atoms with Crippen LogP contribution in [0.2, 0.25) is 0 Å². The van der Waals surface area contributed by atoms with Crippen LogP contribution in [0.3, 0.4) is 0 Å². The van der Waals surface area contributed by atoms with Crippen LogP contribution in [0.25, 0.3) is 0 Å². The summed E-state index contributed by atoms with van der Waals surface area (Å²) in [7, 11) is 1.56. The predicted molar refractivity (Wildman–Crippen MR) is 220 cm³/mol. The first kappa shape index (κ1) is 40.3. The van der Waals surface area contributed by atoms with Gasteiger partial charge in [-0.1, -0.05) is 64.7 Å². The number of aromatic nitrogens is 1. The molecule has 55 heavy (non-hydrogen) atoms. The largest absolute Gasteiger partial charge is 0.497 e. The summed E-state index contributed by atoms with van der Waals surface area (Å²) in [4.78, 5) is 54.5. The molecule has 6 rings (SSSR count). The summed E-state index contributed by atoms with van der Waals surface area (Å²) in [6, 6.07) is 11.9. The lowest BCUT2D eigenvalue weighted by Crippen LogP contribution is -2.71. The number of amides is 2. The summed E-state index contributed by atoms with van der Waals surface area (Å²) in [6.07, 6.45) is 3.57. The number of thiazole rings is 1. The van der Waals surface area contributed by atoms with Crippen molar-refractivity contribution in [2.45, 2.75) is 66.2 Å². The van der Waals surface area contributed by atoms with Gasteiger partial charge in [-0.25, -0.2) is 9.78 Å². The fourth-order valence-electron chi connectivity index (χ4n) is 5.91. The van der Waals surface area contributed by atoms with Crippen LogP contribution in [0.4, 0.5) is 5.13 Å². The number of fused-ring (bicyclic) bond motifs is 1. The number of oxime groups is 1. The predicted octanol–water partition coefficient (Wildman–Crippen LogP) is 4.80. The fraction of sp³-hybridized carbons (Fsp3) is 0.343. The third-order valence-corrected chi connectivity index (χ3v) is 13.5. The Morgan fingerprint density at radius 2 is 1.76 bits per heavy atom. The van der Waals surface area contributed by atoms with Gasteiger partial charge in [-0.15, -0.1) is 23.1 Å². The van der Waals surface area contributed by atoms with Crippen LogP contribution in [-0.4, -0.2) is 74.1 Å². The van der Waals surface area contributed by atoms with E-state index in [1.807, 2.05) is 18.2 Å². The number of ether oxygens (including phenoxy) is 2. The maximum Gasteiger partial charge on any atom is 0.356 e. The number of esters is 1.